The first-order valence-electron chi connectivity index (χ1n) is 7.23. The van der Waals surface area contributed by atoms with Crippen molar-refractivity contribution in [3.8, 4) is 0 Å². The maximum atomic E-state index is 13.6. The molecule has 1 aromatic carbocycles. The van der Waals surface area contributed by atoms with Gasteiger partial charge in [-0.1, -0.05) is 18.2 Å². The summed E-state index contributed by atoms with van der Waals surface area (Å²) in [7, 11) is 1.89. The molecular formula is C16H19FN4. The highest BCUT2D eigenvalue weighted by Gasteiger charge is 2.20. The first kappa shape index (κ1) is 13.9. The van der Waals surface area contributed by atoms with Crippen LogP contribution in [0.3, 0.4) is 0 Å². The number of nitrogens with one attached hydrogen (secondary N) is 1. The topological polar surface area (TPSA) is 41.0 Å². The number of nitrogens with zero attached hydrogens (tertiary/aromatic N) is 3. The Labute approximate surface area is 124 Å². The summed E-state index contributed by atoms with van der Waals surface area (Å²) in [4.78, 5) is 1.89. The Hall–Kier alpha value is -2.01. The van der Waals surface area contributed by atoms with E-state index >= 15 is 0 Å². The van der Waals surface area contributed by atoms with E-state index in [0.29, 0.717) is 18.2 Å². The van der Waals surface area contributed by atoms with Crippen LogP contribution in [-0.2, 0) is 13.1 Å². The molecule has 0 atom stereocenters. The Bertz CT molecular complexity index is 595. The van der Waals surface area contributed by atoms with Gasteiger partial charge in [0.25, 0.3) is 0 Å². The van der Waals surface area contributed by atoms with Crippen molar-refractivity contribution in [2.24, 2.45) is 0 Å². The Kier molecular flexibility index (Phi) is 4.10. The van der Waals surface area contributed by atoms with E-state index in [1.165, 1.54) is 18.9 Å². The molecule has 1 aromatic heterocycles. The van der Waals surface area contributed by atoms with Gasteiger partial charge in [-0.25, -0.2) is 4.39 Å². The van der Waals surface area contributed by atoms with Gasteiger partial charge < -0.3 is 10.2 Å². The van der Waals surface area contributed by atoms with E-state index in [1.54, 1.807) is 12.1 Å². The highest BCUT2D eigenvalue weighted by Crippen LogP contribution is 2.19. The molecule has 1 aliphatic carbocycles. The van der Waals surface area contributed by atoms with Gasteiger partial charge in [-0.3, -0.25) is 0 Å². The number of halogens is 1. The smallest absolute Gasteiger partial charge is 0.151 e. The fraction of sp³-hybridized carbons (Fsp3) is 0.375. The van der Waals surface area contributed by atoms with Crippen LogP contribution < -0.4 is 10.2 Å². The molecule has 0 aliphatic heterocycles. The average molecular weight is 286 g/mol. The lowest BCUT2D eigenvalue weighted by Gasteiger charge is -2.18. The van der Waals surface area contributed by atoms with Crippen molar-refractivity contribution >= 4 is 5.82 Å². The number of aromatic nitrogens is 2. The average Bonchev–Trinajstić information content (AvgIpc) is 3.32. The summed E-state index contributed by atoms with van der Waals surface area (Å²) in [6.45, 7) is 1.23. The fourth-order valence-corrected chi connectivity index (χ4v) is 2.15. The Morgan fingerprint density at radius 2 is 2.00 bits per heavy atom. The maximum absolute atomic E-state index is 13.6. The molecule has 0 unspecified atom stereocenters. The molecule has 1 saturated carbocycles. The summed E-state index contributed by atoms with van der Waals surface area (Å²) < 4.78 is 13.6. The molecule has 0 radical (unpaired) electrons. The van der Waals surface area contributed by atoms with Crippen LogP contribution in [0.25, 0.3) is 0 Å². The number of anilines is 1. The summed E-state index contributed by atoms with van der Waals surface area (Å²) >= 11 is 0. The Morgan fingerprint density at radius 3 is 2.67 bits per heavy atom. The summed E-state index contributed by atoms with van der Waals surface area (Å²) in [5.74, 6) is 0.552. The molecule has 1 heterocycles. The molecule has 21 heavy (non-hydrogen) atoms. The monoisotopic (exact) mass is 286 g/mol. The second kappa shape index (κ2) is 6.18. The van der Waals surface area contributed by atoms with Gasteiger partial charge in [0, 0.05) is 31.7 Å². The normalized spacial score (nSPS) is 14.2. The van der Waals surface area contributed by atoms with E-state index in [1.807, 2.05) is 30.1 Å². The lowest BCUT2D eigenvalue weighted by atomic mass is 10.2. The quantitative estimate of drug-likeness (QED) is 0.886. The van der Waals surface area contributed by atoms with Gasteiger partial charge in [0.2, 0.25) is 0 Å². The third-order valence-corrected chi connectivity index (χ3v) is 3.61. The molecule has 4 nitrogen and oxygen atoms in total. The van der Waals surface area contributed by atoms with Crippen LogP contribution in [0.15, 0.2) is 36.4 Å². The van der Waals surface area contributed by atoms with Crippen LogP contribution >= 0.6 is 0 Å². The summed E-state index contributed by atoms with van der Waals surface area (Å²) in [6.07, 6.45) is 2.52. The van der Waals surface area contributed by atoms with Gasteiger partial charge in [-0.05, 0) is 31.0 Å². The minimum absolute atomic E-state index is 0.192. The summed E-state index contributed by atoms with van der Waals surface area (Å²) in [5.41, 5.74) is 1.59. The van der Waals surface area contributed by atoms with E-state index < -0.39 is 0 Å². The highest BCUT2D eigenvalue weighted by atomic mass is 19.1. The number of benzene rings is 1. The van der Waals surface area contributed by atoms with E-state index in [0.717, 1.165) is 18.1 Å². The number of hydrogen-bond donors (Lipinski definition) is 1. The SMILES string of the molecule is CN(Cc1ccccc1F)c1ccc(CNC2CC2)nn1. The molecule has 2 aromatic rings. The molecule has 0 amide bonds. The predicted molar refractivity (Wildman–Crippen MR) is 80.4 cm³/mol. The van der Waals surface area contributed by atoms with Crippen LogP contribution in [0.1, 0.15) is 24.1 Å². The van der Waals surface area contributed by atoms with Gasteiger partial charge in [0.15, 0.2) is 5.82 Å². The predicted octanol–water partition coefficient (Wildman–Crippen LogP) is 2.50. The minimum atomic E-state index is -0.192. The van der Waals surface area contributed by atoms with E-state index in [-0.39, 0.29) is 5.82 Å². The molecule has 0 bridgehead atoms. The fourth-order valence-electron chi connectivity index (χ4n) is 2.15. The largest absolute Gasteiger partial charge is 0.354 e. The van der Waals surface area contributed by atoms with E-state index in [4.69, 9.17) is 0 Å². The van der Waals surface area contributed by atoms with Crippen molar-refractivity contribution < 1.29 is 4.39 Å². The summed E-state index contributed by atoms with van der Waals surface area (Å²) in [6, 6.07) is 11.3. The molecule has 0 saturated heterocycles. The zero-order valence-electron chi connectivity index (χ0n) is 12.1. The van der Waals surface area contributed by atoms with Crippen molar-refractivity contribution in [2.75, 3.05) is 11.9 Å². The van der Waals surface area contributed by atoms with Crippen molar-refractivity contribution in [1.29, 1.82) is 0 Å². The third-order valence-electron chi connectivity index (χ3n) is 3.61. The van der Waals surface area contributed by atoms with E-state index in [2.05, 4.69) is 15.5 Å². The third kappa shape index (κ3) is 3.76. The molecule has 3 rings (SSSR count). The van der Waals surface area contributed by atoms with Crippen LogP contribution in [0.4, 0.5) is 10.2 Å². The van der Waals surface area contributed by atoms with E-state index in [9.17, 15) is 4.39 Å². The second-order valence-corrected chi connectivity index (χ2v) is 5.49. The van der Waals surface area contributed by atoms with Gasteiger partial charge >= 0.3 is 0 Å². The van der Waals surface area contributed by atoms with Gasteiger partial charge in [0.05, 0.1) is 5.69 Å². The zero-order valence-corrected chi connectivity index (χ0v) is 12.1. The van der Waals surface area contributed by atoms with Crippen molar-refractivity contribution in [1.82, 2.24) is 15.5 Å². The van der Waals surface area contributed by atoms with Crippen molar-refractivity contribution in [3.63, 3.8) is 0 Å². The molecule has 1 N–H and O–H groups in total. The first-order chi connectivity index (χ1) is 10.2. The minimum Gasteiger partial charge on any atom is -0.354 e. The molecule has 110 valence electrons. The van der Waals surface area contributed by atoms with Crippen molar-refractivity contribution in [2.45, 2.75) is 32.0 Å². The highest BCUT2D eigenvalue weighted by molar-refractivity contribution is 5.37. The van der Waals surface area contributed by atoms with Crippen LogP contribution in [0.5, 0.6) is 0 Å². The van der Waals surface area contributed by atoms with Crippen LogP contribution in [0, 0.1) is 5.82 Å². The number of rotatable bonds is 6. The van der Waals surface area contributed by atoms with Gasteiger partial charge in [0.1, 0.15) is 5.82 Å². The molecule has 5 heteroatoms. The second-order valence-electron chi connectivity index (χ2n) is 5.49. The molecule has 1 aliphatic rings. The number of hydrogen-bond acceptors (Lipinski definition) is 4. The van der Waals surface area contributed by atoms with Crippen LogP contribution in [0.2, 0.25) is 0 Å². The summed E-state index contributed by atoms with van der Waals surface area (Å²) in [5, 5.41) is 11.8. The standard InChI is InChI=1S/C16H19FN4/c1-21(11-12-4-2-3-5-15(12)17)16-9-8-14(19-20-16)10-18-13-6-7-13/h2-5,8-9,13,18H,6-7,10-11H2,1H3. The lowest BCUT2D eigenvalue weighted by molar-refractivity contribution is 0.607. The first-order valence-corrected chi connectivity index (χ1v) is 7.23. The Morgan fingerprint density at radius 1 is 1.19 bits per heavy atom. The molecular weight excluding hydrogens is 267 g/mol. The van der Waals surface area contributed by atoms with Crippen LogP contribution in [-0.4, -0.2) is 23.3 Å². The van der Waals surface area contributed by atoms with Gasteiger partial charge in [-0.2, -0.15) is 5.10 Å². The Balaban J connectivity index is 1.61. The zero-order chi connectivity index (χ0) is 14.7. The molecule has 0 spiro atoms. The lowest BCUT2D eigenvalue weighted by Crippen LogP contribution is -2.20. The van der Waals surface area contributed by atoms with Gasteiger partial charge in [-0.15, -0.1) is 5.10 Å². The maximum Gasteiger partial charge on any atom is 0.151 e. The van der Waals surface area contributed by atoms with Crippen molar-refractivity contribution in [3.05, 3.63) is 53.5 Å². The molecule has 1 fully saturated rings.